The number of hydrogen-bond donors (Lipinski definition) is 8. The third-order valence-electron chi connectivity index (χ3n) is 10.2. The Morgan fingerprint density at radius 1 is 0.739 bits per heavy atom. The van der Waals surface area contributed by atoms with E-state index in [0.717, 1.165) is 4.90 Å². The molecular formula is C46H81N7O16. The molecule has 0 aromatic heterocycles. The molecule has 3 aliphatic rings. The van der Waals surface area contributed by atoms with Gasteiger partial charge in [-0.15, -0.1) is 4.99 Å². The molecule has 1 aliphatic carbocycles. The third-order valence-corrected chi connectivity index (χ3v) is 10.2. The number of aliphatic hydroxyl groups excluding tert-OH is 2. The maximum Gasteiger partial charge on any atom is 0.437 e. The molecule has 0 bridgehead atoms. The monoisotopic (exact) mass is 988 g/mol. The highest BCUT2D eigenvalue weighted by Crippen LogP contribution is 2.39. The number of nitrogens with one attached hydrogen (secondary N) is 5. The van der Waals surface area contributed by atoms with Gasteiger partial charge in [0.25, 0.3) is 0 Å². The van der Waals surface area contributed by atoms with Crippen molar-refractivity contribution in [2.45, 2.75) is 212 Å². The van der Waals surface area contributed by atoms with Crippen LogP contribution in [0.3, 0.4) is 0 Å². The second-order valence-electron chi connectivity index (χ2n) is 22.8. The molecule has 0 spiro atoms. The zero-order valence-electron chi connectivity index (χ0n) is 43.7. The van der Waals surface area contributed by atoms with Crippen LogP contribution in [0.15, 0.2) is 16.8 Å². The van der Waals surface area contributed by atoms with Crippen LogP contribution in [0, 0.1) is 5.92 Å². The van der Waals surface area contributed by atoms with Crippen LogP contribution in [0.4, 0.5) is 24.0 Å². The van der Waals surface area contributed by atoms with Crippen LogP contribution in [-0.2, 0) is 37.9 Å². The zero-order valence-corrected chi connectivity index (χ0v) is 43.7. The molecule has 0 aromatic carbocycles. The summed E-state index contributed by atoms with van der Waals surface area (Å²) in [6.45, 7) is 25.9. The van der Waals surface area contributed by atoms with E-state index in [0.29, 0.717) is 5.76 Å². The molecule has 0 aromatic rings. The average Bonchev–Trinajstić information content (AvgIpc) is 3.10. The number of aliphatic hydroxyl groups is 3. The fourth-order valence-electron chi connectivity index (χ4n) is 7.91. The molecule has 2 fully saturated rings. The molecule has 5 amide bonds. The zero-order chi connectivity index (χ0) is 52.8. The molecular weight excluding hydrogens is 907 g/mol. The van der Waals surface area contributed by atoms with Crippen LogP contribution in [0.5, 0.6) is 0 Å². The number of ether oxygens (including phenoxy) is 8. The van der Waals surface area contributed by atoms with Crippen molar-refractivity contribution in [3.05, 3.63) is 11.8 Å². The van der Waals surface area contributed by atoms with Crippen LogP contribution in [0.1, 0.15) is 124 Å². The minimum absolute atomic E-state index is 0.122. The molecule has 1 saturated carbocycles. The number of likely N-dealkylation sites (N-methyl/N-ethyl adjacent to an activating group) is 2. The summed E-state index contributed by atoms with van der Waals surface area (Å²) >= 11 is 0. The molecule has 69 heavy (non-hydrogen) atoms. The van der Waals surface area contributed by atoms with Gasteiger partial charge in [0.1, 0.15) is 57.7 Å². The van der Waals surface area contributed by atoms with Crippen molar-refractivity contribution in [1.82, 2.24) is 31.5 Å². The largest absolute Gasteiger partial charge is 0.491 e. The Labute approximate surface area is 406 Å². The number of nitrogens with zero attached hydrogens (tertiary/aromatic N) is 2. The van der Waals surface area contributed by atoms with Gasteiger partial charge in [0.2, 0.25) is 5.96 Å². The van der Waals surface area contributed by atoms with Crippen LogP contribution in [-0.4, -0.2) is 172 Å². The molecule has 11 atom stereocenters. The van der Waals surface area contributed by atoms with Gasteiger partial charge in [-0.2, -0.15) is 0 Å². The van der Waals surface area contributed by atoms with E-state index in [4.69, 9.17) is 37.9 Å². The highest BCUT2D eigenvalue weighted by atomic mass is 16.7. The summed E-state index contributed by atoms with van der Waals surface area (Å²) in [4.78, 5) is 72.1. The van der Waals surface area contributed by atoms with Gasteiger partial charge in [-0.3, -0.25) is 5.32 Å². The lowest BCUT2D eigenvalue weighted by Gasteiger charge is -2.52. The lowest BCUT2D eigenvalue weighted by atomic mass is 9.72. The van der Waals surface area contributed by atoms with Crippen LogP contribution in [0.25, 0.3) is 0 Å². The summed E-state index contributed by atoms with van der Waals surface area (Å²) in [6.07, 6.45) is -10.9. The van der Waals surface area contributed by atoms with Crippen LogP contribution >= 0.6 is 0 Å². The number of carbonyl (C=O) groups excluding carboxylic acids is 5. The van der Waals surface area contributed by atoms with Gasteiger partial charge in [-0.25, -0.2) is 24.0 Å². The van der Waals surface area contributed by atoms with E-state index < -0.39 is 137 Å². The molecule has 23 nitrogen and oxygen atoms in total. The summed E-state index contributed by atoms with van der Waals surface area (Å²) in [5.74, 6) is -1.21. The summed E-state index contributed by atoms with van der Waals surface area (Å²) in [5, 5.41) is 50.6. The molecule has 2 aliphatic heterocycles. The lowest BCUT2D eigenvalue weighted by molar-refractivity contribution is -0.305. The number of hydrogen-bond acceptors (Lipinski definition) is 17. The van der Waals surface area contributed by atoms with E-state index in [2.05, 4.69) is 31.6 Å². The Kier molecular flexibility index (Phi) is 19.2. The Balaban J connectivity index is 2.26. The quantitative estimate of drug-likeness (QED) is 0.0923. The van der Waals surface area contributed by atoms with Crippen molar-refractivity contribution in [2.24, 2.45) is 10.9 Å². The number of alkyl carbamates (subject to hydrolysis) is 3. The van der Waals surface area contributed by atoms with E-state index in [9.17, 15) is 39.3 Å². The van der Waals surface area contributed by atoms with E-state index in [-0.39, 0.29) is 19.4 Å². The summed E-state index contributed by atoms with van der Waals surface area (Å²) in [7, 11) is 3.03. The molecule has 8 N–H and O–H groups in total. The highest BCUT2D eigenvalue weighted by Gasteiger charge is 2.56. The van der Waals surface area contributed by atoms with Gasteiger partial charge in [-0.05, 0) is 137 Å². The second kappa shape index (κ2) is 22.6. The standard InChI is InChI=1S/C46H81N7O16/c1-41(2,3)65-36(56)49-26-21-27(50-37(57)66-42(4,5)6)32(64-34-30(55)33(46(16,61)23-62-34)53(18)40(60)69-45(13,14)15)29(54)28(26)31-25(20-19-24(63-31)22-47-17)48-35(51-38(58)67-43(7,8)9)52-39(59)68-44(10,11)12/h19,25-34,47,54-55,61H,20-23H2,1-18H3,(H,49,56)(H,50,57)(H2,48,51,52,58,59)/t25-,26+,27-,28?,29+,30-,31+,32+,33-,34-,46+/m1/s1. The minimum Gasteiger partial charge on any atom is -0.491 e. The van der Waals surface area contributed by atoms with Gasteiger partial charge in [0.05, 0.1) is 37.4 Å². The topological polar surface area (TPSA) is 296 Å². The number of carbonyl (C=O) groups is 5. The Bertz CT molecular complexity index is 1860. The van der Waals surface area contributed by atoms with E-state index in [1.165, 1.54) is 14.0 Å². The predicted octanol–water partition coefficient (Wildman–Crippen LogP) is 3.91. The minimum atomic E-state index is -1.84. The SMILES string of the molecule is CNCC1=CC[C@@H](N/C(=N/C(=O)OC(C)(C)C)NC(=O)OC(C)(C)C)[C@@H](C2[C@@H](NC(=O)OC(C)(C)C)C[C@@H](NC(=O)OC(C)(C)C)[C@H](O[C@H]3OC[C@](C)(O)[C@H](N(C)C(=O)OC(C)(C)C)[C@H]3O)[C@H]2O)O1. The lowest BCUT2D eigenvalue weighted by Crippen LogP contribution is -2.71. The number of aliphatic imine (C=N–C) groups is 1. The first kappa shape index (κ1) is 58.6. The first-order chi connectivity index (χ1) is 31.3. The summed E-state index contributed by atoms with van der Waals surface area (Å²) in [5.41, 5.74) is -6.65. The van der Waals surface area contributed by atoms with Crippen LogP contribution in [0.2, 0.25) is 0 Å². The van der Waals surface area contributed by atoms with Gasteiger partial charge < -0.3 is 79.4 Å². The maximum atomic E-state index is 13.7. The smallest absolute Gasteiger partial charge is 0.437 e. The number of rotatable bonds is 9. The first-order valence-corrected chi connectivity index (χ1v) is 23.2. The fraction of sp³-hybridized carbons (Fsp3) is 0.826. The molecule has 23 heteroatoms. The Hall–Kier alpha value is -4.68. The average molecular weight is 988 g/mol. The van der Waals surface area contributed by atoms with Crippen molar-refractivity contribution >= 4 is 36.4 Å². The second-order valence-corrected chi connectivity index (χ2v) is 22.8. The molecule has 0 radical (unpaired) electrons. The normalized spacial score (nSPS) is 29.2. The van der Waals surface area contributed by atoms with Crippen molar-refractivity contribution < 1.29 is 77.2 Å². The van der Waals surface area contributed by atoms with E-state index in [1.807, 2.05) is 0 Å². The van der Waals surface area contributed by atoms with Crippen molar-refractivity contribution in [1.29, 1.82) is 0 Å². The van der Waals surface area contributed by atoms with E-state index >= 15 is 0 Å². The Morgan fingerprint density at radius 2 is 1.25 bits per heavy atom. The summed E-state index contributed by atoms with van der Waals surface area (Å²) < 4.78 is 46.8. The van der Waals surface area contributed by atoms with Gasteiger partial charge in [-0.1, -0.05) is 0 Å². The molecule has 1 unspecified atom stereocenters. The maximum absolute atomic E-state index is 13.7. The number of amides is 5. The third kappa shape index (κ3) is 18.9. The van der Waals surface area contributed by atoms with Crippen molar-refractivity contribution in [3.8, 4) is 0 Å². The van der Waals surface area contributed by atoms with Crippen molar-refractivity contribution in [3.63, 3.8) is 0 Å². The van der Waals surface area contributed by atoms with Gasteiger partial charge in [0.15, 0.2) is 6.29 Å². The first-order valence-electron chi connectivity index (χ1n) is 23.2. The Morgan fingerprint density at radius 3 is 1.75 bits per heavy atom. The van der Waals surface area contributed by atoms with E-state index in [1.54, 1.807) is 117 Å². The highest BCUT2D eigenvalue weighted by molar-refractivity contribution is 5.99. The fourth-order valence-corrected chi connectivity index (χ4v) is 7.91. The van der Waals surface area contributed by atoms with Crippen molar-refractivity contribution in [2.75, 3.05) is 27.2 Å². The van der Waals surface area contributed by atoms with Crippen LogP contribution < -0.4 is 26.6 Å². The van der Waals surface area contributed by atoms with Gasteiger partial charge >= 0.3 is 30.5 Å². The molecule has 396 valence electrons. The molecule has 3 rings (SSSR count). The number of guanidine groups is 1. The molecule has 2 heterocycles. The molecule has 1 saturated heterocycles. The van der Waals surface area contributed by atoms with Gasteiger partial charge in [0, 0.05) is 19.0 Å². The predicted molar refractivity (Wildman–Crippen MR) is 251 cm³/mol. The summed E-state index contributed by atoms with van der Waals surface area (Å²) in [6, 6.07) is -4.69.